The average molecular weight is 291 g/mol. The van der Waals surface area contributed by atoms with Crippen LogP contribution >= 0.6 is 27.3 Å². The minimum atomic E-state index is -0.0801. The van der Waals surface area contributed by atoms with Crippen molar-refractivity contribution in [2.24, 2.45) is 5.73 Å². The smallest absolute Gasteiger partial charge is 0.0326 e. The minimum absolute atomic E-state index is 0.0801. The second kappa shape index (κ2) is 5.43. The first kappa shape index (κ1) is 13.2. The standard InChI is InChI=1S/C11H19BrN2S/c1-4-11(2,13)8-14(3)6-10-5-9(12)7-15-10/h5,7H,4,6,8,13H2,1-3H3. The Hall–Kier alpha value is 0.1000. The maximum Gasteiger partial charge on any atom is 0.0326 e. The number of likely N-dealkylation sites (N-methyl/N-ethyl adjacent to an activating group) is 1. The topological polar surface area (TPSA) is 29.3 Å². The van der Waals surface area contributed by atoms with Crippen molar-refractivity contribution in [3.05, 3.63) is 20.8 Å². The van der Waals surface area contributed by atoms with Crippen LogP contribution in [0.2, 0.25) is 0 Å². The van der Waals surface area contributed by atoms with E-state index >= 15 is 0 Å². The Balaban J connectivity index is 2.46. The predicted molar refractivity (Wildman–Crippen MR) is 71.2 cm³/mol. The van der Waals surface area contributed by atoms with Crippen LogP contribution in [0, 0.1) is 0 Å². The molecule has 4 heteroatoms. The van der Waals surface area contributed by atoms with E-state index in [9.17, 15) is 0 Å². The van der Waals surface area contributed by atoms with E-state index in [-0.39, 0.29) is 5.54 Å². The van der Waals surface area contributed by atoms with Gasteiger partial charge >= 0.3 is 0 Å². The third kappa shape index (κ3) is 4.64. The van der Waals surface area contributed by atoms with Crippen LogP contribution in [0.3, 0.4) is 0 Å². The van der Waals surface area contributed by atoms with E-state index in [2.05, 4.69) is 53.2 Å². The molecule has 0 saturated heterocycles. The van der Waals surface area contributed by atoms with Crippen molar-refractivity contribution in [2.75, 3.05) is 13.6 Å². The highest BCUT2D eigenvalue weighted by atomic mass is 79.9. The summed E-state index contributed by atoms with van der Waals surface area (Å²) in [6, 6.07) is 2.17. The minimum Gasteiger partial charge on any atom is -0.324 e. The van der Waals surface area contributed by atoms with Gasteiger partial charge < -0.3 is 5.73 Å². The second-order valence-electron chi connectivity index (χ2n) is 4.41. The van der Waals surface area contributed by atoms with E-state index in [1.54, 1.807) is 11.3 Å². The van der Waals surface area contributed by atoms with E-state index in [1.807, 2.05) is 0 Å². The third-order valence-corrected chi connectivity index (χ3v) is 4.17. The summed E-state index contributed by atoms with van der Waals surface area (Å²) in [6.07, 6.45) is 1.01. The highest BCUT2D eigenvalue weighted by Gasteiger charge is 2.18. The lowest BCUT2D eigenvalue weighted by Gasteiger charge is -2.28. The van der Waals surface area contributed by atoms with Crippen molar-refractivity contribution in [3.8, 4) is 0 Å². The molecule has 15 heavy (non-hydrogen) atoms. The number of thiophene rings is 1. The van der Waals surface area contributed by atoms with Crippen molar-refractivity contribution in [2.45, 2.75) is 32.4 Å². The average Bonchev–Trinajstić information content (AvgIpc) is 2.50. The van der Waals surface area contributed by atoms with Crippen LogP contribution in [-0.2, 0) is 6.54 Å². The summed E-state index contributed by atoms with van der Waals surface area (Å²) < 4.78 is 1.17. The molecule has 0 radical (unpaired) electrons. The normalized spacial score (nSPS) is 15.6. The fraction of sp³-hybridized carbons (Fsp3) is 0.636. The van der Waals surface area contributed by atoms with Gasteiger partial charge in [0.2, 0.25) is 0 Å². The summed E-state index contributed by atoms with van der Waals surface area (Å²) in [5, 5.41) is 2.12. The molecule has 0 bridgehead atoms. The predicted octanol–water partition coefficient (Wildman–Crippen LogP) is 3.07. The highest BCUT2D eigenvalue weighted by molar-refractivity contribution is 9.10. The van der Waals surface area contributed by atoms with Crippen LogP contribution in [0.5, 0.6) is 0 Å². The summed E-state index contributed by atoms with van der Waals surface area (Å²) in [4.78, 5) is 3.65. The van der Waals surface area contributed by atoms with Gasteiger partial charge in [-0.15, -0.1) is 11.3 Å². The lowest BCUT2D eigenvalue weighted by Crippen LogP contribution is -2.45. The summed E-state index contributed by atoms with van der Waals surface area (Å²) in [6.45, 7) is 6.14. The van der Waals surface area contributed by atoms with Crippen LogP contribution in [-0.4, -0.2) is 24.0 Å². The Bertz CT molecular complexity index is 309. The first-order valence-electron chi connectivity index (χ1n) is 5.13. The quantitative estimate of drug-likeness (QED) is 0.903. The largest absolute Gasteiger partial charge is 0.324 e. The molecule has 2 nitrogen and oxygen atoms in total. The Morgan fingerprint density at radius 2 is 2.27 bits per heavy atom. The molecule has 86 valence electrons. The van der Waals surface area contributed by atoms with Gasteiger partial charge in [-0.1, -0.05) is 6.92 Å². The molecule has 1 aromatic rings. The molecule has 0 aliphatic rings. The van der Waals surface area contributed by atoms with Gasteiger partial charge in [-0.2, -0.15) is 0 Å². The molecule has 0 aromatic carbocycles. The third-order valence-electron chi connectivity index (χ3n) is 2.49. The van der Waals surface area contributed by atoms with E-state index in [0.29, 0.717) is 0 Å². The zero-order valence-corrected chi connectivity index (χ0v) is 12.0. The molecule has 0 spiro atoms. The van der Waals surface area contributed by atoms with Crippen LogP contribution < -0.4 is 5.73 Å². The van der Waals surface area contributed by atoms with Gasteiger partial charge in [0.1, 0.15) is 0 Å². The Morgan fingerprint density at radius 3 is 2.73 bits per heavy atom. The number of hydrogen-bond acceptors (Lipinski definition) is 3. The van der Waals surface area contributed by atoms with Gasteiger partial charge in [0.05, 0.1) is 0 Å². The fourth-order valence-electron chi connectivity index (χ4n) is 1.49. The molecule has 1 unspecified atom stereocenters. The van der Waals surface area contributed by atoms with Gasteiger partial charge in [0.15, 0.2) is 0 Å². The molecular weight excluding hydrogens is 272 g/mol. The second-order valence-corrected chi connectivity index (χ2v) is 6.32. The maximum atomic E-state index is 6.13. The first-order valence-corrected chi connectivity index (χ1v) is 6.80. The van der Waals surface area contributed by atoms with E-state index in [1.165, 1.54) is 9.35 Å². The van der Waals surface area contributed by atoms with Gasteiger partial charge in [0.25, 0.3) is 0 Å². The highest BCUT2D eigenvalue weighted by Crippen LogP contribution is 2.21. The summed E-state index contributed by atoms with van der Waals surface area (Å²) in [7, 11) is 2.12. The number of nitrogens with zero attached hydrogens (tertiary/aromatic N) is 1. The molecule has 1 rings (SSSR count). The van der Waals surface area contributed by atoms with Crippen molar-refractivity contribution in [1.82, 2.24) is 4.90 Å². The summed E-state index contributed by atoms with van der Waals surface area (Å²) in [5.74, 6) is 0. The molecule has 0 aliphatic heterocycles. The van der Waals surface area contributed by atoms with E-state index in [0.717, 1.165) is 19.5 Å². The molecule has 0 amide bonds. The van der Waals surface area contributed by atoms with Gasteiger partial charge in [-0.05, 0) is 42.4 Å². The Kier molecular flexibility index (Phi) is 4.77. The molecule has 0 fully saturated rings. The lowest BCUT2D eigenvalue weighted by molar-refractivity contribution is 0.248. The first-order chi connectivity index (χ1) is 6.93. The zero-order valence-electron chi connectivity index (χ0n) is 9.59. The zero-order chi connectivity index (χ0) is 11.5. The summed E-state index contributed by atoms with van der Waals surface area (Å²) >= 11 is 5.25. The molecule has 2 N–H and O–H groups in total. The van der Waals surface area contributed by atoms with E-state index < -0.39 is 0 Å². The lowest BCUT2D eigenvalue weighted by atomic mass is 10.0. The number of nitrogens with two attached hydrogens (primary N) is 1. The molecule has 1 atom stereocenters. The van der Waals surface area contributed by atoms with Crippen molar-refractivity contribution in [3.63, 3.8) is 0 Å². The SMILES string of the molecule is CCC(C)(N)CN(C)Cc1cc(Br)cs1. The summed E-state index contributed by atoms with van der Waals surface area (Å²) in [5.41, 5.74) is 6.05. The van der Waals surface area contributed by atoms with Gasteiger partial charge in [-0.3, -0.25) is 4.90 Å². The van der Waals surface area contributed by atoms with Crippen LogP contribution in [0.15, 0.2) is 15.9 Å². The molecule has 1 aromatic heterocycles. The fourth-order valence-corrected chi connectivity index (χ4v) is 3.02. The van der Waals surface area contributed by atoms with Crippen molar-refractivity contribution < 1.29 is 0 Å². The van der Waals surface area contributed by atoms with Crippen LogP contribution in [0.4, 0.5) is 0 Å². The molecule has 0 saturated carbocycles. The Labute approximate surface area is 105 Å². The number of hydrogen-bond donors (Lipinski definition) is 1. The van der Waals surface area contributed by atoms with Crippen LogP contribution in [0.1, 0.15) is 25.1 Å². The molecule has 1 heterocycles. The van der Waals surface area contributed by atoms with Crippen LogP contribution in [0.25, 0.3) is 0 Å². The number of rotatable bonds is 5. The van der Waals surface area contributed by atoms with E-state index in [4.69, 9.17) is 5.73 Å². The molecular formula is C11H19BrN2S. The van der Waals surface area contributed by atoms with Crippen molar-refractivity contribution in [1.29, 1.82) is 0 Å². The molecule has 0 aliphatic carbocycles. The maximum absolute atomic E-state index is 6.13. The Morgan fingerprint density at radius 1 is 1.60 bits per heavy atom. The number of halogens is 1. The van der Waals surface area contributed by atoms with Gasteiger partial charge in [0, 0.05) is 33.4 Å². The van der Waals surface area contributed by atoms with Gasteiger partial charge in [-0.25, -0.2) is 0 Å². The monoisotopic (exact) mass is 290 g/mol. The van der Waals surface area contributed by atoms with Crippen molar-refractivity contribution >= 4 is 27.3 Å².